The molecule has 0 aliphatic heterocycles. The van der Waals surface area contributed by atoms with Gasteiger partial charge >= 0.3 is 0 Å². The minimum Gasteiger partial charge on any atom is -0.372 e. The summed E-state index contributed by atoms with van der Waals surface area (Å²) in [6, 6.07) is 7.92. The van der Waals surface area contributed by atoms with E-state index in [1.165, 1.54) is 54.2 Å². The Morgan fingerprint density at radius 2 is 1.90 bits per heavy atom. The van der Waals surface area contributed by atoms with Crippen LogP contribution in [-0.2, 0) is 0 Å². The van der Waals surface area contributed by atoms with Crippen LogP contribution >= 0.6 is 15.9 Å². The molecule has 0 saturated heterocycles. The fraction of sp³-hybridized carbons (Fsp3) is 0.667. The van der Waals surface area contributed by atoms with Crippen molar-refractivity contribution in [1.29, 1.82) is 0 Å². The van der Waals surface area contributed by atoms with Crippen molar-refractivity contribution >= 4 is 21.6 Å². The SMILES string of the molecule is CCNC(C)c1ccc(N(C)C2CCCCCC2)cc1Br. The molecule has 0 spiro atoms. The van der Waals surface area contributed by atoms with Crippen LogP contribution in [0, 0.1) is 0 Å². The van der Waals surface area contributed by atoms with Crippen molar-refractivity contribution in [3.8, 4) is 0 Å². The highest BCUT2D eigenvalue weighted by molar-refractivity contribution is 9.10. The maximum atomic E-state index is 3.76. The lowest BCUT2D eigenvalue weighted by molar-refractivity contribution is 0.552. The molecular formula is C18H29BrN2. The van der Waals surface area contributed by atoms with Gasteiger partial charge in [0.25, 0.3) is 0 Å². The van der Waals surface area contributed by atoms with Crippen LogP contribution in [0.3, 0.4) is 0 Å². The van der Waals surface area contributed by atoms with Gasteiger partial charge < -0.3 is 10.2 Å². The zero-order chi connectivity index (χ0) is 15.2. The van der Waals surface area contributed by atoms with E-state index >= 15 is 0 Å². The zero-order valence-corrected chi connectivity index (χ0v) is 15.2. The van der Waals surface area contributed by atoms with Gasteiger partial charge in [-0.1, -0.05) is 54.6 Å². The highest BCUT2D eigenvalue weighted by Crippen LogP contribution is 2.31. The largest absolute Gasteiger partial charge is 0.372 e. The normalized spacial score (nSPS) is 18.3. The van der Waals surface area contributed by atoms with Crippen LogP contribution in [0.5, 0.6) is 0 Å². The van der Waals surface area contributed by atoms with Gasteiger partial charge in [0, 0.05) is 29.3 Å². The van der Waals surface area contributed by atoms with Crippen LogP contribution in [0.15, 0.2) is 22.7 Å². The molecule has 1 N–H and O–H groups in total. The summed E-state index contributed by atoms with van der Waals surface area (Å²) in [5.74, 6) is 0. The molecule has 0 amide bonds. The molecule has 0 aromatic heterocycles. The smallest absolute Gasteiger partial charge is 0.0377 e. The minimum absolute atomic E-state index is 0.390. The number of nitrogens with zero attached hydrogens (tertiary/aromatic N) is 1. The van der Waals surface area contributed by atoms with E-state index in [9.17, 15) is 0 Å². The number of benzene rings is 1. The Labute approximate surface area is 138 Å². The minimum atomic E-state index is 0.390. The molecule has 21 heavy (non-hydrogen) atoms. The van der Waals surface area contributed by atoms with Gasteiger partial charge in [0.05, 0.1) is 0 Å². The van der Waals surface area contributed by atoms with E-state index in [1.807, 2.05) is 0 Å². The van der Waals surface area contributed by atoms with E-state index in [4.69, 9.17) is 0 Å². The summed E-state index contributed by atoms with van der Waals surface area (Å²) in [4.78, 5) is 2.48. The summed E-state index contributed by atoms with van der Waals surface area (Å²) in [5, 5.41) is 3.48. The Morgan fingerprint density at radius 3 is 2.48 bits per heavy atom. The van der Waals surface area contributed by atoms with Crippen molar-refractivity contribution in [3.63, 3.8) is 0 Å². The second-order valence-electron chi connectivity index (χ2n) is 6.24. The molecule has 1 aromatic rings. The monoisotopic (exact) mass is 352 g/mol. The van der Waals surface area contributed by atoms with Crippen LogP contribution < -0.4 is 10.2 Å². The third kappa shape index (κ3) is 4.46. The quantitative estimate of drug-likeness (QED) is 0.725. The van der Waals surface area contributed by atoms with E-state index in [0.29, 0.717) is 12.1 Å². The highest BCUT2D eigenvalue weighted by atomic mass is 79.9. The molecule has 1 saturated carbocycles. The fourth-order valence-electron chi connectivity index (χ4n) is 3.36. The average molecular weight is 353 g/mol. The summed E-state index contributed by atoms with van der Waals surface area (Å²) < 4.78 is 1.22. The lowest BCUT2D eigenvalue weighted by atomic mass is 10.0. The first-order valence-corrected chi connectivity index (χ1v) is 9.18. The Kier molecular flexibility index (Phi) is 6.56. The number of hydrogen-bond donors (Lipinski definition) is 1. The summed E-state index contributed by atoms with van der Waals surface area (Å²) in [6.45, 7) is 5.37. The highest BCUT2D eigenvalue weighted by Gasteiger charge is 2.18. The first kappa shape index (κ1) is 16.8. The Bertz CT molecular complexity index is 439. The van der Waals surface area contributed by atoms with E-state index < -0.39 is 0 Å². The van der Waals surface area contributed by atoms with E-state index in [0.717, 1.165) is 6.54 Å². The molecule has 118 valence electrons. The van der Waals surface area contributed by atoms with Gasteiger partial charge in [-0.2, -0.15) is 0 Å². The summed E-state index contributed by atoms with van der Waals surface area (Å²) >= 11 is 3.76. The van der Waals surface area contributed by atoms with Gasteiger partial charge in [0.15, 0.2) is 0 Å². The standard InChI is InChI=1S/C18H29BrN2/c1-4-20-14(2)17-12-11-16(13-18(17)19)21(3)15-9-7-5-6-8-10-15/h11-15,20H,4-10H2,1-3H3. The van der Waals surface area contributed by atoms with Crippen molar-refractivity contribution in [2.75, 3.05) is 18.5 Å². The average Bonchev–Trinajstić information content (AvgIpc) is 2.75. The third-order valence-electron chi connectivity index (χ3n) is 4.74. The number of hydrogen-bond acceptors (Lipinski definition) is 2. The second-order valence-corrected chi connectivity index (χ2v) is 7.10. The molecule has 1 aliphatic rings. The lowest BCUT2D eigenvalue weighted by Crippen LogP contribution is -2.31. The van der Waals surface area contributed by atoms with Crippen LogP contribution in [-0.4, -0.2) is 19.6 Å². The molecule has 1 atom stereocenters. The molecule has 0 heterocycles. The first-order valence-electron chi connectivity index (χ1n) is 8.39. The molecular weight excluding hydrogens is 324 g/mol. The van der Waals surface area contributed by atoms with Gasteiger partial charge in [-0.05, 0) is 44.0 Å². The molecule has 1 fully saturated rings. The van der Waals surface area contributed by atoms with Crippen molar-refractivity contribution in [2.45, 2.75) is 64.5 Å². The second kappa shape index (κ2) is 8.19. The number of nitrogens with one attached hydrogen (secondary N) is 1. The zero-order valence-electron chi connectivity index (χ0n) is 13.7. The Morgan fingerprint density at radius 1 is 1.24 bits per heavy atom. The maximum Gasteiger partial charge on any atom is 0.0377 e. The van der Waals surface area contributed by atoms with Crippen molar-refractivity contribution in [2.24, 2.45) is 0 Å². The molecule has 1 aromatic carbocycles. The van der Waals surface area contributed by atoms with Crippen LogP contribution in [0.25, 0.3) is 0 Å². The first-order chi connectivity index (χ1) is 10.1. The fourth-order valence-corrected chi connectivity index (χ4v) is 4.07. The van der Waals surface area contributed by atoms with Crippen molar-refractivity contribution < 1.29 is 0 Å². The van der Waals surface area contributed by atoms with Gasteiger partial charge in [0.2, 0.25) is 0 Å². The molecule has 2 nitrogen and oxygen atoms in total. The molecule has 0 bridgehead atoms. The topological polar surface area (TPSA) is 15.3 Å². The summed E-state index contributed by atoms with van der Waals surface area (Å²) in [6.07, 6.45) is 8.26. The molecule has 1 unspecified atom stereocenters. The van der Waals surface area contributed by atoms with Gasteiger partial charge in [-0.15, -0.1) is 0 Å². The molecule has 0 radical (unpaired) electrons. The summed E-state index contributed by atoms with van der Waals surface area (Å²) in [7, 11) is 2.26. The Hall–Kier alpha value is -0.540. The van der Waals surface area contributed by atoms with Crippen LogP contribution in [0.1, 0.15) is 64.0 Å². The predicted molar refractivity (Wildman–Crippen MR) is 96.1 cm³/mol. The number of halogens is 1. The molecule has 3 heteroatoms. The molecule has 2 rings (SSSR count). The van der Waals surface area contributed by atoms with Gasteiger partial charge in [0.1, 0.15) is 0 Å². The summed E-state index contributed by atoms with van der Waals surface area (Å²) in [5.41, 5.74) is 2.68. The van der Waals surface area contributed by atoms with E-state index in [-0.39, 0.29) is 0 Å². The van der Waals surface area contributed by atoms with Crippen LogP contribution in [0.4, 0.5) is 5.69 Å². The van der Waals surface area contributed by atoms with E-state index in [1.54, 1.807) is 0 Å². The lowest BCUT2D eigenvalue weighted by Gasteiger charge is -2.30. The maximum absolute atomic E-state index is 3.76. The van der Waals surface area contributed by atoms with Gasteiger partial charge in [-0.25, -0.2) is 0 Å². The number of anilines is 1. The van der Waals surface area contributed by atoms with Crippen molar-refractivity contribution in [3.05, 3.63) is 28.2 Å². The number of rotatable bonds is 5. The van der Waals surface area contributed by atoms with Crippen LogP contribution in [0.2, 0.25) is 0 Å². The van der Waals surface area contributed by atoms with Gasteiger partial charge in [-0.3, -0.25) is 0 Å². The van der Waals surface area contributed by atoms with Crippen molar-refractivity contribution in [1.82, 2.24) is 5.32 Å². The Balaban J connectivity index is 2.11. The van der Waals surface area contributed by atoms with E-state index in [2.05, 4.69) is 65.2 Å². The third-order valence-corrected chi connectivity index (χ3v) is 5.43. The molecule has 1 aliphatic carbocycles. The predicted octanol–water partition coefficient (Wildman–Crippen LogP) is 5.28.